The molecule has 0 aliphatic heterocycles. The summed E-state index contributed by atoms with van der Waals surface area (Å²) in [6.07, 6.45) is 7.07. The molecule has 1 aliphatic carbocycles. The largest absolute Gasteiger partial charge is 0.316 e. The van der Waals surface area contributed by atoms with Crippen LogP contribution in [0.5, 0.6) is 0 Å². The van der Waals surface area contributed by atoms with E-state index in [1.807, 2.05) is 12.2 Å². The van der Waals surface area contributed by atoms with Crippen molar-refractivity contribution in [1.82, 2.24) is 10.2 Å². The van der Waals surface area contributed by atoms with Crippen LogP contribution in [-0.4, -0.2) is 37.1 Å². The topological polar surface area (TPSA) is 39.1 Å². The van der Waals surface area contributed by atoms with Gasteiger partial charge in [-0.15, -0.1) is 0 Å². The highest BCUT2D eigenvalue weighted by Crippen LogP contribution is 2.14. The summed E-state index contributed by atoms with van der Waals surface area (Å²) in [5, 5.41) is 12.1. The molecule has 1 N–H and O–H groups in total. The van der Waals surface area contributed by atoms with Crippen molar-refractivity contribution in [2.45, 2.75) is 26.3 Å². The van der Waals surface area contributed by atoms with Crippen molar-refractivity contribution >= 4 is 0 Å². The number of nitriles is 1. The molecule has 0 radical (unpaired) electrons. The van der Waals surface area contributed by atoms with Gasteiger partial charge in [-0.1, -0.05) is 26.0 Å². The third-order valence-electron chi connectivity index (χ3n) is 2.91. The summed E-state index contributed by atoms with van der Waals surface area (Å²) in [6.45, 7) is 8.48. The van der Waals surface area contributed by atoms with Gasteiger partial charge in [0.25, 0.3) is 0 Å². The standard InChI is InChI=1S/C13H21N3/c1-3-15-9-10-16(4-2)13-7-5-12(11-14)6-8-13/h5-7,13,15H,3-4,8-10H2,1-2H3. The Kier molecular flexibility index (Phi) is 5.84. The lowest BCUT2D eigenvalue weighted by molar-refractivity contribution is 0.241. The molecular formula is C13H21N3. The van der Waals surface area contributed by atoms with Gasteiger partial charge in [0, 0.05) is 24.7 Å². The Morgan fingerprint density at radius 1 is 1.56 bits per heavy atom. The SMILES string of the molecule is CCNCCN(CC)C1C=CC(C#N)=CC1. The van der Waals surface area contributed by atoms with Crippen molar-refractivity contribution in [2.75, 3.05) is 26.2 Å². The van der Waals surface area contributed by atoms with Crippen LogP contribution in [0.1, 0.15) is 20.3 Å². The molecule has 0 amide bonds. The minimum Gasteiger partial charge on any atom is -0.316 e. The predicted molar refractivity (Wildman–Crippen MR) is 67.0 cm³/mol. The summed E-state index contributed by atoms with van der Waals surface area (Å²) >= 11 is 0. The van der Waals surface area contributed by atoms with Crippen molar-refractivity contribution < 1.29 is 0 Å². The van der Waals surface area contributed by atoms with E-state index in [9.17, 15) is 0 Å². The Balaban J connectivity index is 2.41. The molecular weight excluding hydrogens is 198 g/mol. The molecule has 88 valence electrons. The Bertz CT molecular complexity index is 299. The third kappa shape index (κ3) is 3.80. The number of rotatable bonds is 6. The fourth-order valence-corrected chi connectivity index (χ4v) is 1.92. The van der Waals surface area contributed by atoms with Crippen LogP contribution >= 0.6 is 0 Å². The van der Waals surface area contributed by atoms with Crippen molar-refractivity contribution in [2.24, 2.45) is 0 Å². The number of hydrogen-bond acceptors (Lipinski definition) is 3. The van der Waals surface area contributed by atoms with Crippen molar-refractivity contribution in [3.8, 4) is 6.07 Å². The first kappa shape index (κ1) is 13.0. The van der Waals surface area contributed by atoms with Gasteiger partial charge in [0.2, 0.25) is 0 Å². The van der Waals surface area contributed by atoms with E-state index in [2.05, 4.69) is 36.2 Å². The summed E-state index contributed by atoms with van der Waals surface area (Å²) in [4.78, 5) is 2.43. The Morgan fingerprint density at radius 2 is 2.38 bits per heavy atom. The van der Waals surface area contributed by atoms with Crippen molar-refractivity contribution in [3.63, 3.8) is 0 Å². The van der Waals surface area contributed by atoms with Crippen LogP contribution in [0.3, 0.4) is 0 Å². The van der Waals surface area contributed by atoms with Crippen LogP contribution in [0.2, 0.25) is 0 Å². The fraction of sp³-hybridized carbons (Fsp3) is 0.615. The van der Waals surface area contributed by atoms with E-state index in [0.29, 0.717) is 6.04 Å². The highest BCUT2D eigenvalue weighted by Gasteiger charge is 2.15. The molecule has 0 spiro atoms. The average Bonchev–Trinajstić information content (AvgIpc) is 2.35. The van der Waals surface area contributed by atoms with E-state index in [-0.39, 0.29) is 0 Å². The van der Waals surface area contributed by atoms with Crippen LogP contribution in [0, 0.1) is 11.3 Å². The van der Waals surface area contributed by atoms with Crippen LogP contribution in [0.15, 0.2) is 23.8 Å². The second-order valence-electron chi connectivity index (χ2n) is 3.92. The lowest BCUT2D eigenvalue weighted by Gasteiger charge is -2.29. The van der Waals surface area contributed by atoms with Crippen LogP contribution in [0.4, 0.5) is 0 Å². The molecule has 0 bridgehead atoms. The summed E-state index contributed by atoms with van der Waals surface area (Å²) in [7, 11) is 0. The minimum atomic E-state index is 0.459. The first-order valence-electron chi connectivity index (χ1n) is 6.05. The molecule has 0 saturated carbocycles. The lowest BCUT2D eigenvalue weighted by Crippen LogP contribution is -2.39. The molecule has 3 nitrogen and oxygen atoms in total. The smallest absolute Gasteiger partial charge is 0.0988 e. The molecule has 1 rings (SSSR count). The van der Waals surface area contributed by atoms with Gasteiger partial charge in [-0.05, 0) is 25.6 Å². The zero-order chi connectivity index (χ0) is 11.8. The third-order valence-corrected chi connectivity index (χ3v) is 2.91. The molecule has 1 aliphatic rings. The second-order valence-corrected chi connectivity index (χ2v) is 3.92. The van der Waals surface area contributed by atoms with Gasteiger partial charge in [0.05, 0.1) is 6.07 Å². The van der Waals surface area contributed by atoms with Gasteiger partial charge < -0.3 is 5.32 Å². The molecule has 16 heavy (non-hydrogen) atoms. The van der Waals surface area contributed by atoms with Gasteiger partial charge >= 0.3 is 0 Å². The quantitative estimate of drug-likeness (QED) is 0.691. The molecule has 3 heteroatoms. The number of hydrogen-bond donors (Lipinski definition) is 1. The first-order valence-corrected chi connectivity index (χ1v) is 6.05. The summed E-state index contributed by atoms with van der Waals surface area (Å²) in [6, 6.07) is 2.64. The van der Waals surface area contributed by atoms with Gasteiger partial charge in [0.1, 0.15) is 0 Å². The molecule has 1 unspecified atom stereocenters. The number of nitrogens with one attached hydrogen (secondary N) is 1. The lowest BCUT2D eigenvalue weighted by atomic mass is 10.0. The van der Waals surface area contributed by atoms with Gasteiger partial charge in [-0.3, -0.25) is 4.90 Å². The zero-order valence-electron chi connectivity index (χ0n) is 10.2. The fourth-order valence-electron chi connectivity index (χ4n) is 1.92. The highest BCUT2D eigenvalue weighted by molar-refractivity contribution is 5.36. The van der Waals surface area contributed by atoms with Gasteiger partial charge in [-0.25, -0.2) is 0 Å². The zero-order valence-corrected chi connectivity index (χ0v) is 10.2. The first-order chi connectivity index (χ1) is 7.81. The highest BCUT2D eigenvalue weighted by atomic mass is 15.2. The van der Waals surface area contributed by atoms with E-state index >= 15 is 0 Å². The molecule has 0 saturated heterocycles. The van der Waals surface area contributed by atoms with Crippen LogP contribution in [0.25, 0.3) is 0 Å². The summed E-state index contributed by atoms with van der Waals surface area (Å²) in [5.41, 5.74) is 0.791. The summed E-state index contributed by atoms with van der Waals surface area (Å²) < 4.78 is 0. The van der Waals surface area contributed by atoms with E-state index in [4.69, 9.17) is 5.26 Å². The average molecular weight is 219 g/mol. The number of nitrogens with zero attached hydrogens (tertiary/aromatic N) is 2. The number of likely N-dealkylation sites (N-methyl/N-ethyl adjacent to an activating group) is 2. The minimum absolute atomic E-state index is 0.459. The van der Waals surface area contributed by atoms with E-state index in [1.54, 1.807) is 0 Å². The maximum absolute atomic E-state index is 8.75. The molecule has 1 atom stereocenters. The Labute approximate surface area is 98.4 Å². The monoisotopic (exact) mass is 219 g/mol. The predicted octanol–water partition coefficient (Wildman–Crippen LogP) is 1.70. The van der Waals surface area contributed by atoms with Gasteiger partial charge in [-0.2, -0.15) is 5.26 Å². The van der Waals surface area contributed by atoms with Crippen molar-refractivity contribution in [1.29, 1.82) is 5.26 Å². The van der Waals surface area contributed by atoms with E-state index in [0.717, 1.165) is 38.2 Å². The normalized spacial score (nSPS) is 19.6. The second kappa shape index (κ2) is 7.21. The van der Waals surface area contributed by atoms with Crippen LogP contribution in [-0.2, 0) is 0 Å². The van der Waals surface area contributed by atoms with Crippen molar-refractivity contribution in [3.05, 3.63) is 23.8 Å². The Hall–Kier alpha value is -1.11. The molecule has 0 aromatic heterocycles. The maximum atomic E-state index is 8.75. The Morgan fingerprint density at radius 3 is 2.88 bits per heavy atom. The van der Waals surface area contributed by atoms with Gasteiger partial charge in [0.15, 0.2) is 0 Å². The maximum Gasteiger partial charge on any atom is 0.0988 e. The van der Waals surface area contributed by atoms with E-state index < -0.39 is 0 Å². The molecule has 0 fully saturated rings. The molecule has 0 aromatic carbocycles. The number of allylic oxidation sites excluding steroid dienone is 2. The molecule has 0 aromatic rings. The van der Waals surface area contributed by atoms with E-state index in [1.165, 1.54) is 0 Å². The van der Waals surface area contributed by atoms with Crippen LogP contribution < -0.4 is 5.32 Å². The summed E-state index contributed by atoms with van der Waals surface area (Å²) in [5.74, 6) is 0. The molecule has 0 heterocycles.